The maximum atomic E-state index is 9.25. The summed E-state index contributed by atoms with van der Waals surface area (Å²) >= 11 is 0. The van der Waals surface area contributed by atoms with E-state index in [1.165, 1.54) is 128 Å². The summed E-state index contributed by atoms with van der Waals surface area (Å²) in [4.78, 5) is 4.26. The summed E-state index contributed by atoms with van der Waals surface area (Å²) in [5, 5.41) is 9.50. The van der Waals surface area contributed by atoms with Crippen LogP contribution < -0.4 is 0 Å². The second-order valence-electron chi connectivity index (χ2n) is 18.9. The van der Waals surface area contributed by atoms with Crippen LogP contribution in [0.25, 0.3) is 0 Å². The molecular formula is C52H104N2O4Si. The molecule has 0 amide bonds. The Hall–Kier alpha value is -1.06. The van der Waals surface area contributed by atoms with Crippen LogP contribution in [0.1, 0.15) is 189 Å². The normalized spacial score (nSPS) is 13.9. The van der Waals surface area contributed by atoms with E-state index in [4.69, 9.17) is 13.9 Å². The number of likely N-dealkylation sites (N-methyl/N-ethyl adjacent to an activating group) is 2. The number of nitrogens with zero attached hydrogens (tertiary/aromatic N) is 2. The molecule has 0 aliphatic heterocycles. The lowest BCUT2D eigenvalue weighted by atomic mass is 10.1. The van der Waals surface area contributed by atoms with E-state index in [9.17, 15) is 5.11 Å². The Kier molecular flexibility index (Phi) is 44.3. The first-order chi connectivity index (χ1) is 28.3. The molecule has 0 aromatic heterocycles. The standard InChI is InChI=1S/C29H59NO2Si.C23H45NO2/c1-9-10-11-12-13-14-15-16-17-18-19-20-21-22-23-24-25-31-28(26-30(5)6)27-32-33(7,8)29(2,3)4;1-4-5-6-7-8-9-10-11-12-13-14-15-16-17-18-19-20-26-23(22-25)21-24(2)3/h13-14,16-17,28H,9-12,15,18-27H2,1-8H3;8-9,11-12,23,25H,4-7,10,13-22H2,1-3H3/b14-13-,17-16-;9-8-,12-11-. The fourth-order valence-electron chi connectivity index (χ4n) is 6.33. The van der Waals surface area contributed by atoms with Crippen molar-refractivity contribution in [3.63, 3.8) is 0 Å². The summed E-state index contributed by atoms with van der Waals surface area (Å²) in [5.74, 6) is 0. The van der Waals surface area contributed by atoms with Gasteiger partial charge < -0.3 is 28.8 Å². The van der Waals surface area contributed by atoms with Crippen molar-refractivity contribution in [3.8, 4) is 0 Å². The number of allylic oxidation sites excluding steroid dienone is 8. The van der Waals surface area contributed by atoms with E-state index in [0.29, 0.717) is 0 Å². The largest absolute Gasteiger partial charge is 0.414 e. The minimum atomic E-state index is -1.72. The van der Waals surface area contributed by atoms with Gasteiger partial charge in [0.2, 0.25) is 0 Å². The second-order valence-corrected chi connectivity index (χ2v) is 23.7. The molecule has 0 aromatic carbocycles. The molecular weight excluding hydrogens is 745 g/mol. The average Bonchev–Trinajstić information content (AvgIpc) is 3.18. The number of hydrogen-bond donors (Lipinski definition) is 1. The van der Waals surface area contributed by atoms with Gasteiger partial charge in [0.05, 0.1) is 25.4 Å². The molecule has 0 heterocycles. The topological polar surface area (TPSA) is 54.4 Å². The van der Waals surface area contributed by atoms with Gasteiger partial charge in [0, 0.05) is 26.3 Å². The molecule has 0 fully saturated rings. The van der Waals surface area contributed by atoms with Gasteiger partial charge in [0.15, 0.2) is 8.32 Å². The van der Waals surface area contributed by atoms with E-state index in [0.717, 1.165) is 58.6 Å². The monoisotopic (exact) mass is 849 g/mol. The number of rotatable bonds is 40. The molecule has 0 aromatic rings. The van der Waals surface area contributed by atoms with Crippen molar-refractivity contribution in [3.05, 3.63) is 48.6 Å². The van der Waals surface area contributed by atoms with Crippen molar-refractivity contribution in [2.24, 2.45) is 0 Å². The first-order valence-corrected chi connectivity index (χ1v) is 27.6. The molecule has 0 bridgehead atoms. The first-order valence-electron chi connectivity index (χ1n) is 24.7. The fourth-order valence-corrected chi connectivity index (χ4v) is 7.37. The highest BCUT2D eigenvalue weighted by Crippen LogP contribution is 2.36. The Labute approximate surface area is 371 Å². The third-order valence-corrected chi connectivity index (χ3v) is 15.7. The predicted molar refractivity (Wildman–Crippen MR) is 266 cm³/mol. The minimum Gasteiger partial charge on any atom is -0.414 e. The Morgan fingerprint density at radius 1 is 0.492 bits per heavy atom. The van der Waals surface area contributed by atoms with Gasteiger partial charge in [-0.25, -0.2) is 0 Å². The molecule has 0 radical (unpaired) electrons. The molecule has 0 saturated heterocycles. The van der Waals surface area contributed by atoms with Crippen molar-refractivity contribution in [1.82, 2.24) is 9.80 Å². The van der Waals surface area contributed by atoms with Crippen molar-refractivity contribution >= 4 is 8.32 Å². The summed E-state index contributed by atoms with van der Waals surface area (Å²) in [6, 6.07) is 0. The Bertz CT molecular complexity index is 972. The molecule has 2 unspecified atom stereocenters. The fraction of sp³-hybridized carbons (Fsp3) is 0.846. The van der Waals surface area contributed by atoms with Gasteiger partial charge in [-0.15, -0.1) is 0 Å². The highest BCUT2D eigenvalue weighted by atomic mass is 28.4. The van der Waals surface area contributed by atoms with Gasteiger partial charge in [0.1, 0.15) is 0 Å². The van der Waals surface area contributed by atoms with Crippen LogP contribution in [0.5, 0.6) is 0 Å². The molecule has 59 heavy (non-hydrogen) atoms. The van der Waals surface area contributed by atoms with Gasteiger partial charge in [-0.05, 0) is 123 Å². The second kappa shape index (κ2) is 43.6. The summed E-state index contributed by atoms with van der Waals surface area (Å²) in [6.45, 7) is 20.2. The number of ether oxygens (including phenoxy) is 2. The lowest BCUT2D eigenvalue weighted by Gasteiger charge is -2.37. The zero-order valence-corrected chi connectivity index (χ0v) is 42.6. The van der Waals surface area contributed by atoms with Gasteiger partial charge in [-0.1, -0.05) is 160 Å². The summed E-state index contributed by atoms with van der Waals surface area (Å²) in [6.07, 6.45) is 49.3. The summed E-state index contributed by atoms with van der Waals surface area (Å²) in [5.41, 5.74) is 0. The third-order valence-electron chi connectivity index (χ3n) is 11.2. The molecule has 0 saturated carbocycles. The van der Waals surface area contributed by atoms with Crippen LogP contribution in [0, 0.1) is 0 Å². The molecule has 0 rings (SSSR count). The average molecular weight is 849 g/mol. The highest BCUT2D eigenvalue weighted by molar-refractivity contribution is 6.74. The predicted octanol–water partition coefficient (Wildman–Crippen LogP) is 14.5. The Morgan fingerprint density at radius 3 is 1.19 bits per heavy atom. The quantitative estimate of drug-likeness (QED) is 0.0377. The van der Waals surface area contributed by atoms with E-state index in [1.54, 1.807) is 0 Å². The van der Waals surface area contributed by atoms with Crippen molar-refractivity contribution < 1.29 is 19.0 Å². The molecule has 2 atom stereocenters. The maximum Gasteiger partial charge on any atom is 0.192 e. The lowest BCUT2D eigenvalue weighted by Crippen LogP contribution is -2.44. The zero-order valence-electron chi connectivity index (χ0n) is 41.6. The van der Waals surface area contributed by atoms with Crippen LogP contribution in [0.2, 0.25) is 18.1 Å². The SMILES string of the molecule is CCCCC/C=C\C/C=C\CCCCCCCCOC(CO)CN(C)C.CCCCC/C=C\C/C=C\CCCCCCCCOC(CO[Si](C)(C)C(C)(C)C)CN(C)C. The molecule has 6 nitrogen and oxygen atoms in total. The van der Waals surface area contributed by atoms with Crippen LogP contribution in [0.3, 0.4) is 0 Å². The summed E-state index contributed by atoms with van der Waals surface area (Å²) < 4.78 is 18.4. The zero-order chi connectivity index (χ0) is 44.3. The number of aliphatic hydroxyl groups excluding tert-OH is 1. The molecule has 7 heteroatoms. The third kappa shape index (κ3) is 44.8. The lowest BCUT2D eigenvalue weighted by molar-refractivity contribution is -0.00224. The molecule has 0 aliphatic carbocycles. The van der Waals surface area contributed by atoms with Crippen LogP contribution in [-0.4, -0.2) is 103 Å². The number of hydrogen-bond acceptors (Lipinski definition) is 6. The Balaban J connectivity index is 0. The van der Waals surface area contributed by atoms with E-state index >= 15 is 0 Å². The molecule has 0 spiro atoms. The van der Waals surface area contributed by atoms with E-state index in [2.05, 4.69) is 120 Å². The van der Waals surface area contributed by atoms with Crippen molar-refractivity contribution in [2.45, 2.75) is 219 Å². The smallest absolute Gasteiger partial charge is 0.192 e. The minimum absolute atomic E-state index is 0.0389. The molecule has 0 aliphatic rings. The van der Waals surface area contributed by atoms with Gasteiger partial charge >= 0.3 is 0 Å². The highest BCUT2D eigenvalue weighted by Gasteiger charge is 2.37. The van der Waals surface area contributed by atoms with Gasteiger partial charge in [0.25, 0.3) is 0 Å². The first kappa shape index (κ1) is 60.0. The number of unbranched alkanes of at least 4 members (excludes halogenated alkanes) is 18. The summed E-state index contributed by atoms with van der Waals surface area (Å²) in [7, 11) is 6.52. The number of aliphatic hydroxyl groups is 1. The maximum absolute atomic E-state index is 9.25. The van der Waals surface area contributed by atoms with E-state index in [1.807, 2.05) is 14.1 Å². The molecule has 1 N–H and O–H groups in total. The van der Waals surface area contributed by atoms with Crippen LogP contribution >= 0.6 is 0 Å². The van der Waals surface area contributed by atoms with Crippen LogP contribution in [-0.2, 0) is 13.9 Å². The van der Waals surface area contributed by atoms with Gasteiger partial charge in [-0.3, -0.25) is 0 Å². The van der Waals surface area contributed by atoms with Crippen molar-refractivity contribution in [1.29, 1.82) is 0 Å². The van der Waals surface area contributed by atoms with Crippen LogP contribution in [0.15, 0.2) is 48.6 Å². The van der Waals surface area contributed by atoms with E-state index < -0.39 is 8.32 Å². The van der Waals surface area contributed by atoms with E-state index in [-0.39, 0.29) is 23.9 Å². The van der Waals surface area contributed by atoms with Crippen molar-refractivity contribution in [2.75, 3.05) is 67.7 Å². The van der Waals surface area contributed by atoms with Crippen LogP contribution in [0.4, 0.5) is 0 Å². The molecule has 350 valence electrons. The van der Waals surface area contributed by atoms with Gasteiger partial charge in [-0.2, -0.15) is 0 Å². The Morgan fingerprint density at radius 2 is 0.831 bits per heavy atom.